The molecule has 0 unspecified atom stereocenters. The minimum absolute atomic E-state index is 0.0849. The van der Waals surface area contributed by atoms with Crippen LogP contribution in [0.25, 0.3) is 0 Å². The number of carbonyl (C=O) groups is 2. The molecule has 2 heterocycles. The van der Waals surface area contributed by atoms with Crippen molar-refractivity contribution in [3.8, 4) is 0 Å². The van der Waals surface area contributed by atoms with E-state index in [4.69, 9.17) is 0 Å². The monoisotopic (exact) mass is 291 g/mol. The largest absolute Gasteiger partial charge is 0.469 e. The van der Waals surface area contributed by atoms with E-state index in [1.54, 1.807) is 6.20 Å². The zero-order valence-corrected chi connectivity index (χ0v) is 12.3. The van der Waals surface area contributed by atoms with Crippen LogP contribution in [-0.4, -0.2) is 37.1 Å². The van der Waals surface area contributed by atoms with Crippen LogP contribution in [0.2, 0.25) is 0 Å². The smallest absolute Gasteiger partial charge is 0.306 e. The first kappa shape index (κ1) is 15.3. The second kappa shape index (κ2) is 7.61. The van der Waals surface area contributed by atoms with E-state index in [9.17, 15) is 9.59 Å². The van der Waals surface area contributed by atoms with Crippen LogP contribution in [0.4, 0.5) is 11.5 Å². The Bertz CT molecular complexity index is 481. The summed E-state index contributed by atoms with van der Waals surface area (Å²) in [7, 11) is 1.31. The van der Waals surface area contributed by atoms with E-state index in [1.165, 1.54) is 26.4 Å². The summed E-state index contributed by atoms with van der Waals surface area (Å²) in [5.41, 5.74) is 0.644. The first-order valence-electron chi connectivity index (χ1n) is 7.26. The molecule has 1 amide bonds. The van der Waals surface area contributed by atoms with Gasteiger partial charge in [-0.15, -0.1) is 0 Å². The van der Waals surface area contributed by atoms with Crippen LogP contribution in [0, 0.1) is 0 Å². The maximum Gasteiger partial charge on any atom is 0.306 e. The molecule has 1 fully saturated rings. The average molecular weight is 291 g/mol. The molecule has 1 N–H and O–H groups in total. The van der Waals surface area contributed by atoms with Crippen molar-refractivity contribution >= 4 is 23.4 Å². The summed E-state index contributed by atoms with van der Waals surface area (Å²) in [4.78, 5) is 29.3. The molecule has 6 nitrogen and oxygen atoms in total. The molecule has 0 aromatic carbocycles. The topological polar surface area (TPSA) is 71.5 Å². The third kappa shape index (κ3) is 4.73. The highest BCUT2D eigenvalue weighted by Gasteiger charge is 2.12. The van der Waals surface area contributed by atoms with E-state index >= 15 is 0 Å². The Balaban J connectivity index is 1.84. The quantitative estimate of drug-likeness (QED) is 0.840. The summed E-state index contributed by atoms with van der Waals surface area (Å²) in [6, 6.07) is 3.76. The van der Waals surface area contributed by atoms with Gasteiger partial charge in [0.1, 0.15) is 5.82 Å². The summed E-state index contributed by atoms with van der Waals surface area (Å²) < 4.78 is 4.50. The number of carbonyl (C=O) groups excluding carboxylic acids is 2. The van der Waals surface area contributed by atoms with Crippen molar-refractivity contribution in [3.63, 3.8) is 0 Å². The van der Waals surface area contributed by atoms with Crippen molar-refractivity contribution < 1.29 is 14.3 Å². The minimum atomic E-state index is -0.385. The van der Waals surface area contributed by atoms with Crippen LogP contribution in [0.15, 0.2) is 18.3 Å². The fraction of sp³-hybridized carbons (Fsp3) is 0.533. The van der Waals surface area contributed by atoms with E-state index < -0.39 is 0 Å². The molecule has 1 saturated heterocycles. The lowest BCUT2D eigenvalue weighted by molar-refractivity contribution is -0.141. The van der Waals surface area contributed by atoms with Gasteiger partial charge in [0.15, 0.2) is 0 Å². The molecule has 1 aromatic heterocycles. The standard InChI is InChI=1S/C15H21N3O3/c1-21-15(20)8-7-14(19)17-12-5-6-13(16-11-12)18-9-3-2-4-10-18/h5-6,11H,2-4,7-10H2,1H3,(H,17,19). The first-order valence-corrected chi connectivity index (χ1v) is 7.26. The van der Waals surface area contributed by atoms with E-state index in [2.05, 4.69) is 19.9 Å². The van der Waals surface area contributed by atoms with Gasteiger partial charge in [0.2, 0.25) is 5.91 Å². The van der Waals surface area contributed by atoms with Gasteiger partial charge >= 0.3 is 5.97 Å². The summed E-state index contributed by atoms with van der Waals surface area (Å²) in [5, 5.41) is 2.72. The van der Waals surface area contributed by atoms with Crippen molar-refractivity contribution in [1.29, 1.82) is 0 Å². The number of amides is 1. The van der Waals surface area contributed by atoms with Crippen LogP contribution >= 0.6 is 0 Å². The molecular weight excluding hydrogens is 270 g/mol. The minimum Gasteiger partial charge on any atom is -0.469 e. The number of piperidine rings is 1. The number of hydrogen-bond donors (Lipinski definition) is 1. The lowest BCUT2D eigenvalue weighted by Gasteiger charge is -2.27. The number of esters is 1. The van der Waals surface area contributed by atoms with E-state index in [1.807, 2.05) is 12.1 Å². The maximum absolute atomic E-state index is 11.7. The van der Waals surface area contributed by atoms with E-state index in [0.717, 1.165) is 18.9 Å². The van der Waals surface area contributed by atoms with Gasteiger partial charge in [0.05, 0.1) is 25.4 Å². The average Bonchev–Trinajstić information content (AvgIpc) is 2.54. The Morgan fingerprint density at radius 2 is 2.00 bits per heavy atom. The molecule has 1 aliphatic heterocycles. The Morgan fingerprint density at radius 3 is 2.62 bits per heavy atom. The summed E-state index contributed by atoms with van der Waals surface area (Å²) in [6.07, 6.45) is 5.54. The normalized spacial score (nSPS) is 14.6. The molecule has 114 valence electrons. The molecule has 1 aromatic rings. The zero-order chi connectivity index (χ0) is 15.1. The fourth-order valence-electron chi connectivity index (χ4n) is 2.31. The van der Waals surface area contributed by atoms with Crippen LogP contribution in [0.3, 0.4) is 0 Å². The molecule has 0 aliphatic carbocycles. The van der Waals surface area contributed by atoms with Gasteiger partial charge < -0.3 is 15.0 Å². The highest BCUT2D eigenvalue weighted by Crippen LogP contribution is 2.19. The summed E-state index contributed by atoms with van der Waals surface area (Å²) >= 11 is 0. The molecule has 0 spiro atoms. The summed E-state index contributed by atoms with van der Waals surface area (Å²) in [6.45, 7) is 2.08. The predicted molar refractivity (Wildman–Crippen MR) is 80.2 cm³/mol. The van der Waals surface area contributed by atoms with Gasteiger partial charge in [0.25, 0.3) is 0 Å². The number of nitrogens with zero attached hydrogens (tertiary/aromatic N) is 2. The molecule has 0 atom stereocenters. The molecule has 0 saturated carbocycles. The molecule has 0 bridgehead atoms. The molecule has 2 rings (SSSR count). The fourth-order valence-corrected chi connectivity index (χ4v) is 2.31. The number of rotatable bonds is 5. The van der Waals surface area contributed by atoms with Gasteiger partial charge in [0, 0.05) is 19.5 Å². The van der Waals surface area contributed by atoms with Crippen LogP contribution < -0.4 is 10.2 Å². The van der Waals surface area contributed by atoms with Crippen molar-refractivity contribution in [3.05, 3.63) is 18.3 Å². The van der Waals surface area contributed by atoms with E-state index in [-0.39, 0.29) is 24.7 Å². The number of aromatic nitrogens is 1. The van der Waals surface area contributed by atoms with Crippen LogP contribution in [0.1, 0.15) is 32.1 Å². The third-order valence-corrected chi connectivity index (χ3v) is 3.50. The van der Waals surface area contributed by atoms with E-state index in [0.29, 0.717) is 5.69 Å². The van der Waals surface area contributed by atoms with Gasteiger partial charge in [-0.2, -0.15) is 0 Å². The zero-order valence-electron chi connectivity index (χ0n) is 12.3. The number of methoxy groups -OCH3 is 1. The van der Waals surface area contributed by atoms with Crippen molar-refractivity contribution in [2.45, 2.75) is 32.1 Å². The molecule has 21 heavy (non-hydrogen) atoms. The number of hydrogen-bond acceptors (Lipinski definition) is 5. The number of nitrogens with one attached hydrogen (secondary N) is 1. The second-order valence-corrected chi connectivity index (χ2v) is 5.08. The van der Waals surface area contributed by atoms with Crippen LogP contribution in [-0.2, 0) is 14.3 Å². The van der Waals surface area contributed by atoms with Crippen molar-refractivity contribution in [2.75, 3.05) is 30.4 Å². The molecule has 1 aliphatic rings. The SMILES string of the molecule is COC(=O)CCC(=O)Nc1ccc(N2CCCCC2)nc1. The third-order valence-electron chi connectivity index (χ3n) is 3.50. The molecule has 6 heteroatoms. The predicted octanol–water partition coefficient (Wildman–Crippen LogP) is 1.96. The van der Waals surface area contributed by atoms with Gasteiger partial charge in [-0.05, 0) is 31.4 Å². The Kier molecular flexibility index (Phi) is 5.54. The number of anilines is 2. The maximum atomic E-state index is 11.7. The van der Waals surface area contributed by atoms with Crippen molar-refractivity contribution in [1.82, 2.24) is 4.98 Å². The highest BCUT2D eigenvalue weighted by molar-refractivity contribution is 5.92. The first-order chi connectivity index (χ1) is 10.2. The Hall–Kier alpha value is -2.11. The van der Waals surface area contributed by atoms with Gasteiger partial charge in [-0.25, -0.2) is 4.98 Å². The number of ether oxygens (including phenoxy) is 1. The lowest BCUT2D eigenvalue weighted by atomic mass is 10.1. The van der Waals surface area contributed by atoms with Gasteiger partial charge in [-0.1, -0.05) is 0 Å². The molecular formula is C15H21N3O3. The highest BCUT2D eigenvalue weighted by atomic mass is 16.5. The Morgan fingerprint density at radius 1 is 1.24 bits per heavy atom. The van der Waals surface area contributed by atoms with Crippen molar-refractivity contribution in [2.24, 2.45) is 0 Å². The second-order valence-electron chi connectivity index (χ2n) is 5.08. The van der Waals surface area contributed by atoms with Gasteiger partial charge in [-0.3, -0.25) is 9.59 Å². The Labute approximate surface area is 124 Å². The summed E-state index contributed by atoms with van der Waals surface area (Å²) in [5.74, 6) is 0.346. The van der Waals surface area contributed by atoms with Crippen LogP contribution in [0.5, 0.6) is 0 Å². The number of pyridine rings is 1. The molecule has 0 radical (unpaired) electrons. The lowest BCUT2D eigenvalue weighted by Crippen LogP contribution is -2.30.